The molecule has 1 fully saturated rings. The van der Waals surface area contributed by atoms with Crippen molar-refractivity contribution in [1.29, 1.82) is 0 Å². The first-order valence-electron chi connectivity index (χ1n) is 8.44. The van der Waals surface area contributed by atoms with Gasteiger partial charge in [-0.05, 0) is 55.7 Å². The number of carbonyl (C=O) groups excluding carboxylic acids is 1. The van der Waals surface area contributed by atoms with E-state index in [1.807, 2.05) is 6.07 Å². The first-order chi connectivity index (χ1) is 12.3. The average molecular weight is 391 g/mol. The molecule has 0 bridgehead atoms. The molecule has 2 aromatic rings. The molecule has 1 atom stereocenters. The fourth-order valence-electron chi connectivity index (χ4n) is 2.96. The number of hydrogen-bond acceptors (Lipinski definition) is 5. The van der Waals surface area contributed by atoms with Gasteiger partial charge in [0.1, 0.15) is 5.03 Å². The Morgan fingerprint density at radius 3 is 2.65 bits per heavy atom. The van der Waals surface area contributed by atoms with E-state index in [0.29, 0.717) is 17.0 Å². The maximum Gasteiger partial charge on any atom is 0.256 e. The topological polar surface area (TPSA) is 67.3 Å². The van der Waals surface area contributed by atoms with Crippen molar-refractivity contribution in [2.24, 2.45) is 0 Å². The van der Waals surface area contributed by atoms with E-state index < -0.39 is 9.84 Å². The molecule has 2 heterocycles. The number of aryl methyl sites for hydroxylation is 2. The van der Waals surface area contributed by atoms with Gasteiger partial charge in [-0.3, -0.25) is 4.79 Å². The third kappa shape index (κ3) is 4.10. The maximum absolute atomic E-state index is 13.0. The van der Waals surface area contributed by atoms with Crippen molar-refractivity contribution in [3.8, 4) is 0 Å². The summed E-state index contributed by atoms with van der Waals surface area (Å²) >= 11 is 1.45. The van der Waals surface area contributed by atoms with E-state index in [1.165, 1.54) is 22.9 Å². The van der Waals surface area contributed by atoms with Crippen molar-refractivity contribution in [2.75, 3.05) is 18.6 Å². The molecule has 0 unspecified atom stereocenters. The number of amides is 1. The van der Waals surface area contributed by atoms with Crippen molar-refractivity contribution < 1.29 is 13.2 Å². The number of rotatable bonds is 4. The number of benzene rings is 1. The van der Waals surface area contributed by atoms with Crippen molar-refractivity contribution in [3.63, 3.8) is 0 Å². The molecule has 0 N–H and O–H groups in total. The van der Waals surface area contributed by atoms with E-state index in [9.17, 15) is 13.2 Å². The summed E-state index contributed by atoms with van der Waals surface area (Å²) in [5.74, 6) is -0.00614. The summed E-state index contributed by atoms with van der Waals surface area (Å²) in [6, 6.07) is 9.36. The zero-order valence-corrected chi connectivity index (χ0v) is 16.7. The highest BCUT2D eigenvalue weighted by Crippen LogP contribution is 2.31. The van der Waals surface area contributed by atoms with Gasteiger partial charge < -0.3 is 4.90 Å². The highest BCUT2D eigenvalue weighted by molar-refractivity contribution is 7.99. The van der Waals surface area contributed by atoms with E-state index in [2.05, 4.69) is 31.0 Å². The normalized spacial score (nSPS) is 18.7. The predicted molar refractivity (Wildman–Crippen MR) is 103 cm³/mol. The Balaban J connectivity index is 1.84. The van der Waals surface area contributed by atoms with Crippen molar-refractivity contribution >= 4 is 27.5 Å². The van der Waals surface area contributed by atoms with Gasteiger partial charge in [-0.2, -0.15) is 0 Å². The molecule has 1 aliphatic heterocycles. The maximum atomic E-state index is 13.0. The lowest BCUT2D eigenvalue weighted by atomic mass is 10.1. The van der Waals surface area contributed by atoms with Gasteiger partial charge >= 0.3 is 0 Å². The quantitative estimate of drug-likeness (QED) is 0.802. The molecular formula is C19H22N2O3S2. The molecule has 0 aliphatic carbocycles. The van der Waals surface area contributed by atoms with Crippen LogP contribution in [0.25, 0.3) is 0 Å². The summed E-state index contributed by atoms with van der Waals surface area (Å²) < 4.78 is 23.4. The van der Waals surface area contributed by atoms with Gasteiger partial charge in [0.2, 0.25) is 0 Å². The van der Waals surface area contributed by atoms with Crippen LogP contribution in [0.4, 0.5) is 0 Å². The van der Waals surface area contributed by atoms with Crippen LogP contribution in [0, 0.1) is 13.8 Å². The first-order valence-corrected chi connectivity index (χ1v) is 11.1. The molecule has 1 aliphatic rings. The Hall–Kier alpha value is -1.86. The summed E-state index contributed by atoms with van der Waals surface area (Å²) in [5.41, 5.74) is 2.91. The summed E-state index contributed by atoms with van der Waals surface area (Å²) in [5, 5.41) is 0.633. The van der Waals surface area contributed by atoms with Crippen LogP contribution in [-0.4, -0.2) is 48.8 Å². The van der Waals surface area contributed by atoms with Gasteiger partial charge in [0, 0.05) is 24.2 Å². The Morgan fingerprint density at radius 2 is 2.00 bits per heavy atom. The van der Waals surface area contributed by atoms with Crippen molar-refractivity contribution in [3.05, 3.63) is 53.2 Å². The SMILES string of the molecule is Cc1ccc(Sc2ncccc2C(=O)N(C)[C@H]2CCS(=O)(=O)C2)cc1C. The van der Waals surface area contributed by atoms with Crippen LogP contribution in [0.1, 0.15) is 27.9 Å². The standard InChI is InChI=1S/C19H22N2O3S2/c1-13-6-7-16(11-14(13)2)25-18-17(5-4-9-20-18)19(22)21(3)15-8-10-26(23,24)12-15/h4-7,9,11,15H,8,10,12H2,1-3H3/t15-/m0/s1. The summed E-state index contributed by atoms with van der Waals surface area (Å²) in [4.78, 5) is 19.9. The second-order valence-corrected chi connectivity index (χ2v) is 9.97. The third-order valence-electron chi connectivity index (χ3n) is 4.77. The fraction of sp³-hybridized carbons (Fsp3) is 0.368. The minimum Gasteiger partial charge on any atom is -0.338 e. The molecule has 0 spiro atoms. The fourth-order valence-corrected chi connectivity index (χ4v) is 5.71. The average Bonchev–Trinajstić information content (AvgIpc) is 2.97. The van der Waals surface area contributed by atoms with Gasteiger partial charge in [-0.1, -0.05) is 17.8 Å². The predicted octanol–water partition coefficient (Wildman–Crippen LogP) is 3.11. The number of aromatic nitrogens is 1. The molecule has 1 amide bonds. The number of carbonyl (C=O) groups is 1. The van der Waals surface area contributed by atoms with Gasteiger partial charge in [0.15, 0.2) is 9.84 Å². The number of pyridine rings is 1. The molecule has 0 saturated carbocycles. The summed E-state index contributed by atoms with van der Waals surface area (Å²) in [7, 11) is -1.37. The Labute approximate surface area is 158 Å². The number of hydrogen-bond donors (Lipinski definition) is 0. The van der Waals surface area contributed by atoms with Crippen LogP contribution >= 0.6 is 11.8 Å². The van der Waals surface area contributed by atoms with E-state index in [4.69, 9.17) is 0 Å². The molecule has 7 heteroatoms. The highest BCUT2D eigenvalue weighted by atomic mass is 32.2. The largest absolute Gasteiger partial charge is 0.338 e. The van der Waals surface area contributed by atoms with E-state index in [0.717, 1.165) is 4.90 Å². The number of nitrogens with zero attached hydrogens (tertiary/aromatic N) is 2. The highest BCUT2D eigenvalue weighted by Gasteiger charge is 2.33. The zero-order chi connectivity index (χ0) is 18.9. The van der Waals surface area contributed by atoms with Crippen LogP contribution in [0.15, 0.2) is 46.5 Å². The third-order valence-corrected chi connectivity index (χ3v) is 7.53. The second kappa shape index (κ2) is 7.40. The zero-order valence-electron chi connectivity index (χ0n) is 15.1. The second-order valence-electron chi connectivity index (χ2n) is 6.68. The molecule has 1 aromatic carbocycles. The van der Waals surface area contributed by atoms with Crippen LogP contribution in [0.2, 0.25) is 0 Å². The van der Waals surface area contributed by atoms with Crippen molar-refractivity contribution in [2.45, 2.75) is 36.2 Å². The monoisotopic (exact) mass is 390 g/mol. The first kappa shape index (κ1) is 18.9. The molecule has 1 saturated heterocycles. The summed E-state index contributed by atoms with van der Waals surface area (Å²) in [6.07, 6.45) is 2.16. The molecule has 138 valence electrons. The lowest BCUT2D eigenvalue weighted by molar-refractivity contribution is 0.0743. The van der Waals surface area contributed by atoms with Gasteiger partial charge in [-0.25, -0.2) is 13.4 Å². The lowest BCUT2D eigenvalue weighted by Crippen LogP contribution is -2.38. The molecular weight excluding hydrogens is 368 g/mol. The molecule has 3 rings (SSSR count). The van der Waals surface area contributed by atoms with E-state index in [-0.39, 0.29) is 23.5 Å². The van der Waals surface area contributed by atoms with E-state index in [1.54, 1.807) is 30.3 Å². The van der Waals surface area contributed by atoms with E-state index >= 15 is 0 Å². The Bertz CT molecular complexity index is 942. The van der Waals surface area contributed by atoms with Crippen LogP contribution < -0.4 is 0 Å². The molecule has 5 nitrogen and oxygen atoms in total. The minimum absolute atomic E-state index is 0.0368. The van der Waals surface area contributed by atoms with Crippen LogP contribution in [0.5, 0.6) is 0 Å². The summed E-state index contributed by atoms with van der Waals surface area (Å²) in [6.45, 7) is 4.11. The van der Waals surface area contributed by atoms with Crippen LogP contribution in [0.3, 0.4) is 0 Å². The van der Waals surface area contributed by atoms with Gasteiger partial charge in [-0.15, -0.1) is 0 Å². The van der Waals surface area contributed by atoms with Gasteiger partial charge in [0.05, 0.1) is 17.1 Å². The molecule has 26 heavy (non-hydrogen) atoms. The lowest BCUT2D eigenvalue weighted by Gasteiger charge is -2.24. The molecule has 1 aromatic heterocycles. The number of sulfone groups is 1. The van der Waals surface area contributed by atoms with Gasteiger partial charge in [0.25, 0.3) is 5.91 Å². The Morgan fingerprint density at radius 1 is 1.23 bits per heavy atom. The van der Waals surface area contributed by atoms with Crippen molar-refractivity contribution in [1.82, 2.24) is 9.88 Å². The Kier molecular flexibility index (Phi) is 5.39. The minimum atomic E-state index is -3.04. The molecule has 0 radical (unpaired) electrons. The van der Waals surface area contributed by atoms with Crippen LogP contribution in [-0.2, 0) is 9.84 Å². The smallest absolute Gasteiger partial charge is 0.256 e.